The second-order valence-electron chi connectivity index (χ2n) is 8.55. The summed E-state index contributed by atoms with van der Waals surface area (Å²) < 4.78 is 16.6. The van der Waals surface area contributed by atoms with Gasteiger partial charge in [-0.15, -0.1) is 0 Å². The van der Waals surface area contributed by atoms with Crippen molar-refractivity contribution in [1.82, 2.24) is 10.2 Å². The fourth-order valence-electron chi connectivity index (χ4n) is 3.95. The number of hydrogen-bond acceptors (Lipinski definition) is 6. The van der Waals surface area contributed by atoms with Crippen LogP contribution in [0.1, 0.15) is 11.1 Å². The van der Waals surface area contributed by atoms with Gasteiger partial charge < -0.3 is 24.4 Å². The summed E-state index contributed by atoms with van der Waals surface area (Å²) in [5.41, 5.74) is 1.81. The zero-order valence-corrected chi connectivity index (χ0v) is 20.0. The van der Waals surface area contributed by atoms with Crippen molar-refractivity contribution in [2.45, 2.75) is 25.2 Å². The highest BCUT2D eigenvalue weighted by molar-refractivity contribution is 5.85. The van der Waals surface area contributed by atoms with Crippen LogP contribution in [-0.4, -0.2) is 62.0 Å². The second-order valence-corrected chi connectivity index (χ2v) is 8.55. The maximum Gasteiger partial charge on any atom is 0.410 e. The summed E-state index contributed by atoms with van der Waals surface area (Å²) in [4.78, 5) is 27.5. The molecule has 1 fully saturated rings. The number of carbonyl (C=O) groups excluding carboxylic acids is 2. The van der Waals surface area contributed by atoms with Crippen LogP contribution in [0.25, 0.3) is 10.8 Å². The Bertz CT molecular complexity index is 1200. The van der Waals surface area contributed by atoms with Crippen molar-refractivity contribution in [2.24, 2.45) is 0 Å². The lowest BCUT2D eigenvalue weighted by molar-refractivity contribution is -0.131. The first-order valence-electron chi connectivity index (χ1n) is 11.9. The molecular weight excluding hydrogens is 458 g/mol. The van der Waals surface area contributed by atoms with Crippen LogP contribution in [0.15, 0.2) is 72.8 Å². The highest BCUT2D eigenvalue weighted by Crippen LogP contribution is 2.18. The van der Waals surface area contributed by atoms with E-state index in [9.17, 15) is 14.9 Å². The van der Waals surface area contributed by atoms with Crippen molar-refractivity contribution < 1.29 is 23.8 Å². The van der Waals surface area contributed by atoms with Gasteiger partial charge in [-0.25, -0.2) is 4.79 Å². The first-order valence-corrected chi connectivity index (χ1v) is 11.9. The van der Waals surface area contributed by atoms with Crippen molar-refractivity contribution >= 4 is 22.8 Å². The van der Waals surface area contributed by atoms with Crippen LogP contribution in [0.2, 0.25) is 0 Å². The quantitative estimate of drug-likeness (QED) is 0.496. The number of carbonyl (C=O) groups is 2. The predicted molar refractivity (Wildman–Crippen MR) is 134 cm³/mol. The lowest BCUT2D eigenvalue weighted by atomic mass is 10.0. The molecule has 186 valence electrons. The van der Waals surface area contributed by atoms with Crippen LogP contribution in [-0.2, 0) is 32.0 Å². The van der Waals surface area contributed by atoms with E-state index < -0.39 is 24.1 Å². The molecule has 36 heavy (non-hydrogen) atoms. The van der Waals surface area contributed by atoms with E-state index in [-0.39, 0.29) is 13.0 Å². The number of amides is 2. The minimum Gasteiger partial charge on any atom is -0.436 e. The molecule has 8 nitrogen and oxygen atoms in total. The van der Waals surface area contributed by atoms with E-state index in [4.69, 9.17) is 14.2 Å². The lowest BCUT2D eigenvalue weighted by Gasteiger charge is -2.28. The molecule has 3 aromatic carbocycles. The van der Waals surface area contributed by atoms with Crippen molar-refractivity contribution in [3.05, 3.63) is 83.9 Å². The molecule has 2 atom stereocenters. The van der Waals surface area contributed by atoms with Crippen molar-refractivity contribution in [2.75, 3.05) is 32.9 Å². The maximum absolute atomic E-state index is 13.2. The summed E-state index contributed by atoms with van der Waals surface area (Å²) in [6, 6.07) is 24.5. The van der Waals surface area contributed by atoms with Crippen molar-refractivity contribution in [1.29, 1.82) is 5.26 Å². The summed E-state index contributed by atoms with van der Waals surface area (Å²) in [7, 11) is 0. The molecule has 0 aromatic heterocycles. The summed E-state index contributed by atoms with van der Waals surface area (Å²) in [6.45, 7) is 1.98. The first kappa shape index (κ1) is 25.2. The van der Waals surface area contributed by atoms with Gasteiger partial charge in [0.15, 0.2) is 6.10 Å². The van der Waals surface area contributed by atoms with Crippen LogP contribution in [0.5, 0.6) is 0 Å². The summed E-state index contributed by atoms with van der Waals surface area (Å²) >= 11 is 0. The van der Waals surface area contributed by atoms with E-state index >= 15 is 0 Å². The van der Waals surface area contributed by atoms with Crippen molar-refractivity contribution in [3.8, 4) is 6.07 Å². The zero-order chi connectivity index (χ0) is 25.2. The number of ether oxygens (including phenoxy) is 3. The average Bonchev–Trinajstić information content (AvgIpc) is 2.93. The van der Waals surface area contributed by atoms with Gasteiger partial charge in [-0.3, -0.25) is 4.79 Å². The summed E-state index contributed by atoms with van der Waals surface area (Å²) in [5, 5.41) is 14.3. The normalized spacial score (nSPS) is 15.0. The Labute approximate surface area is 210 Å². The molecule has 1 saturated heterocycles. The Kier molecular flexibility index (Phi) is 8.87. The number of fused-ring (bicyclic) bond motifs is 1. The molecular formula is C28H29N3O5. The molecule has 2 amide bonds. The highest BCUT2D eigenvalue weighted by Gasteiger charge is 2.29. The molecule has 0 aliphatic carbocycles. The van der Waals surface area contributed by atoms with Gasteiger partial charge in [0.2, 0.25) is 0 Å². The molecule has 0 spiro atoms. The van der Waals surface area contributed by atoms with E-state index in [0.717, 1.165) is 21.9 Å². The van der Waals surface area contributed by atoms with Gasteiger partial charge >= 0.3 is 6.09 Å². The second kappa shape index (κ2) is 12.7. The number of nitriles is 1. The third-order valence-corrected chi connectivity index (χ3v) is 5.91. The molecule has 0 saturated carbocycles. The van der Waals surface area contributed by atoms with Crippen LogP contribution < -0.4 is 5.32 Å². The van der Waals surface area contributed by atoms with Gasteiger partial charge in [-0.2, -0.15) is 5.26 Å². The molecule has 1 heterocycles. The summed E-state index contributed by atoms with van der Waals surface area (Å²) in [5.74, 6) is -0.542. The fourth-order valence-corrected chi connectivity index (χ4v) is 3.95. The van der Waals surface area contributed by atoms with Crippen LogP contribution in [0, 0.1) is 11.3 Å². The van der Waals surface area contributed by atoms with E-state index in [1.54, 1.807) is 0 Å². The summed E-state index contributed by atoms with van der Waals surface area (Å²) in [6.07, 6.45) is -1.50. The Hall–Kier alpha value is -3.93. The average molecular weight is 488 g/mol. The number of nitrogens with one attached hydrogen (secondary N) is 1. The third-order valence-electron chi connectivity index (χ3n) is 5.91. The number of nitrogens with zero attached hydrogens (tertiary/aromatic N) is 2. The van der Waals surface area contributed by atoms with Gasteiger partial charge in [-0.1, -0.05) is 72.8 Å². The van der Waals surface area contributed by atoms with E-state index in [2.05, 4.69) is 11.4 Å². The first-order chi connectivity index (χ1) is 17.6. The van der Waals surface area contributed by atoms with Gasteiger partial charge in [0.05, 0.1) is 32.5 Å². The van der Waals surface area contributed by atoms with E-state index in [1.807, 2.05) is 72.8 Å². The Morgan fingerprint density at radius 1 is 0.972 bits per heavy atom. The number of morpholine rings is 1. The highest BCUT2D eigenvalue weighted by atomic mass is 16.6. The maximum atomic E-state index is 13.2. The zero-order valence-electron chi connectivity index (χ0n) is 20.0. The number of benzene rings is 3. The Morgan fingerprint density at radius 3 is 2.44 bits per heavy atom. The topological polar surface area (TPSA) is 101 Å². The van der Waals surface area contributed by atoms with Gasteiger partial charge in [0, 0.05) is 19.5 Å². The molecule has 0 radical (unpaired) electrons. The molecule has 1 aliphatic rings. The smallest absolute Gasteiger partial charge is 0.410 e. The lowest BCUT2D eigenvalue weighted by Crippen LogP contribution is -2.48. The number of rotatable bonds is 9. The standard InChI is InChI=1S/C28H29N3O5/c29-18-25(20-35-19-21-6-2-1-3-7-21)30-27(32)26(36-28(33)31-12-14-34-15-13-31)17-22-10-11-23-8-4-5-9-24(23)16-22/h1-11,16,25-26H,12-15,17,19-20H2,(H,30,32). The van der Waals surface area contributed by atoms with Gasteiger partial charge in [-0.05, 0) is 21.9 Å². The minimum absolute atomic E-state index is 0.0111. The molecule has 4 rings (SSSR count). The van der Waals surface area contributed by atoms with E-state index in [1.165, 1.54) is 4.90 Å². The molecule has 8 heteroatoms. The van der Waals surface area contributed by atoms with Gasteiger partial charge in [0.25, 0.3) is 5.91 Å². The third kappa shape index (κ3) is 7.04. The van der Waals surface area contributed by atoms with E-state index in [0.29, 0.717) is 32.9 Å². The molecule has 1 N–H and O–H groups in total. The fraction of sp³-hybridized carbons (Fsp3) is 0.321. The number of hydrogen-bond donors (Lipinski definition) is 1. The Balaban J connectivity index is 1.43. The SMILES string of the molecule is N#CC(COCc1ccccc1)NC(=O)C(Cc1ccc2ccccc2c1)OC(=O)N1CCOCC1. The molecule has 2 unspecified atom stereocenters. The molecule has 0 bridgehead atoms. The Morgan fingerprint density at radius 2 is 1.69 bits per heavy atom. The molecule has 3 aromatic rings. The monoisotopic (exact) mass is 487 g/mol. The van der Waals surface area contributed by atoms with Crippen LogP contribution in [0.3, 0.4) is 0 Å². The largest absolute Gasteiger partial charge is 0.436 e. The predicted octanol–water partition coefficient (Wildman–Crippen LogP) is 3.44. The minimum atomic E-state index is -1.11. The van der Waals surface area contributed by atoms with Crippen LogP contribution in [0.4, 0.5) is 4.79 Å². The van der Waals surface area contributed by atoms with Gasteiger partial charge in [0.1, 0.15) is 6.04 Å². The van der Waals surface area contributed by atoms with Crippen LogP contribution >= 0.6 is 0 Å². The van der Waals surface area contributed by atoms with Crippen molar-refractivity contribution in [3.63, 3.8) is 0 Å². The molecule has 1 aliphatic heterocycles.